The minimum atomic E-state index is -0.807. The predicted molar refractivity (Wildman–Crippen MR) is 44.7 cm³/mol. The Bertz CT molecular complexity index is 234. The van der Waals surface area contributed by atoms with E-state index in [4.69, 9.17) is 19.9 Å². The molecule has 6 nitrogen and oxygen atoms in total. The molecule has 2 rings (SSSR count). The summed E-state index contributed by atoms with van der Waals surface area (Å²) in [5.41, 5.74) is 4.85. The van der Waals surface area contributed by atoms with Gasteiger partial charge in [-0.25, -0.2) is 4.79 Å². The van der Waals surface area contributed by atoms with Gasteiger partial charge in [0.25, 0.3) is 0 Å². The van der Waals surface area contributed by atoms with E-state index in [2.05, 4.69) is 4.74 Å². The van der Waals surface area contributed by atoms with Crippen molar-refractivity contribution in [1.29, 1.82) is 0 Å². The molecule has 6 heteroatoms. The summed E-state index contributed by atoms with van der Waals surface area (Å²) in [6.07, 6.45) is -0.967. The number of methoxy groups -OCH3 is 1. The third kappa shape index (κ3) is 1.82. The van der Waals surface area contributed by atoms with E-state index in [0.29, 0.717) is 6.61 Å². The number of epoxide rings is 1. The Morgan fingerprint density at radius 3 is 2.93 bits per heavy atom. The van der Waals surface area contributed by atoms with Gasteiger partial charge < -0.3 is 24.7 Å². The molecule has 14 heavy (non-hydrogen) atoms. The summed E-state index contributed by atoms with van der Waals surface area (Å²) in [4.78, 5) is 10.4. The molecule has 0 spiro atoms. The monoisotopic (exact) mass is 203 g/mol. The second kappa shape index (κ2) is 3.72. The Kier molecular flexibility index (Phi) is 2.58. The molecule has 3 unspecified atom stereocenters. The molecule has 0 saturated carbocycles. The highest BCUT2D eigenvalue weighted by atomic mass is 16.7. The molecule has 80 valence electrons. The van der Waals surface area contributed by atoms with Gasteiger partial charge >= 0.3 is 6.09 Å². The van der Waals surface area contributed by atoms with Gasteiger partial charge in [-0.15, -0.1) is 0 Å². The van der Waals surface area contributed by atoms with Crippen LogP contribution in [0.1, 0.15) is 0 Å². The molecule has 4 atom stereocenters. The van der Waals surface area contributed by atoms with Gasteiger partial charge in [0.05, 0.1) is 6.61 Å². The van der Waals surface area contributed by atoms with Crippen molar-refractivity contribution in [3.05, 3.63) is 0 Å². The fourth-order valence-electron chi connectivity index (χ4n) is 1.66. The van der Waals surface area contributed by atoms with E-state index in [1.165, 1.54) is 7.11 Å². The number of ether oxygens (including phenoxy) is 4. The Morgan fingerprint density at radius 2 is 2.50 bits per heavy atom. The van der Waals surface area contributed by atoms with Gasteiger partial charge in [0.2, 0.25) is 0 Å². The minimum Gasteiger partial charge on any atom is -0.447 e. The Balaban J connectivity index is 1.82. The topological polar surface area (TPSA) is 83.3 Å². The van der Waals surface area contributed by atoms with Crippen molar-refractivity contribution in [3.63, 3.8) is 0 Å². The van der Waals surface area contributed by atoms with Gasteiger partial charge in [-0.3, -0.25) is 0 Å². The molecule has 2 fully saturated rings. The van der Waals surface area contributed by atoms with Crippen LogP contribution in [-0.2, 0) is 18.9 Å². The molecule has 2 saturated heterocycles. The summed E-state index contributed by atoms with van der Waals surface area (Å²) >= 11 is 0. The molecule has 0 aliphatic carbocycles. The number of fused-ring (bicyclic) bond motifs is 1. The number of hydrogen-bond donors (Lipinski definition) is 1. The maximum atomic E-state index is 10.4. The summed E-state index contributed by atoms with van der Waals surface area (Å²) < 4.78 is 20.5. The molecule has 0 aromatic heterocycles. The number of nitrogens with two attached hydrogens (primary N) is 1. The summed E-state index contributed by atoms with van der Waals surface area (Å²) in [5.74, 6) is 0. The number of carbonyl (C=O) groups is 1. The Morgan fingerprint density at radius 1 is 1.71 bits per heavy atom. The average molecular weight is 203 g/mol. The predicted octanol–water partition coefficient (Wildman–Crippen LogP) is -0.737. The highest BCUT2D eigenvalue weighted by molar-refractivity contribution is 5.64. The van der Waals surface area contributed by atoms with Gasteiger partial charge in [0, 0.05) is 7.11 Å². The van der Waals surface area contributed by atoms with Crippen LogP contribution >= 0.6 is 0 Å². The third-order valence-electron chi connectivity index (χ3n) is 2.46. The number of rotatable bonds is 4. The molecule has 0 radical (unpaired) electrons. The van der Waals surface area contributed by atoms with Crippen molar-refractivity contribution < 1.29 is 23.7 Å². The van der Waals surface area contributed by atoms with Gasteiger partial charge in [-0.05, 0) is 0 Å². The molecule has 0 bridgehead atoms. The van der Waals surface area contributed by atoms with E-state index in [1.807, 2.05) is 0 Å². The van der Waals surface area contributed by atoms with E-state index >= 15 is 0 Å². The Hall–Kier alpha value is -0.850. The van der Waals surface area contributed by atoms with Crippen LogP contribution in [0.3, 0.4) is 0 Å². The molecule has 2 aliphatic heterocycles. The van der Waals surface area contributed by atoms with E-state index in [-0.39, 0.29) is 31.0 Å². The number of carbonyl (C=O) groups excluding carboxylic acids is 1. The van der Waals surface area contributed by atoms with E-state index in [1.54, 1.807) is 0 Å². The van der Waals surface area contributed by atoms with Crippen LogP contribution < -0.4 is 5.73 Å². The van der Waals surface area contributed by atoms with Crippen molar-refractivity contribution in [2.75, 3.05) is 20.3 Å². The molecule has 2 heterocycles. The lowest BCUT2D eigenvalue weighted by Gasteiger charge is -2.21. The van der Waals surface area contributed by atoms with Crippen LogP contribution in [0.15, 0.2) is 0 Å². The van der Waals surface area contributed by atoms with Gasteiger partial charge in [-0.1, -0.05) is 0 Å². The smallest absolute Gasteiger partial charge is 0.404 e. The van der Waals surface area contributed by atoms with Crippen LogP contribution in [-0.4, -0.2) is 50.8 Å². The van der Waals surface area contributed by atoms with Crippen molar-refractivity contribution in [2.45, 2.75) is 24.4 Å². The first-order valence-electron chi connectivity index (χ1n) is 4.44. The first-order valence-corrected chi connectivity index (χ1v) is 4.44. The fourth-order valence-corrected chi connectivity index (χ4v) is 1.66. The number of hydrogen-bond acceptors (Lipinski definition) is 5. The highest BCUT2D eigenvalue weighted by Gasteiger charge is 2.54. The second-order valence-corrected chi connectivity index (χ2v) is 3.34. The zero-order valence-corrected chi connectivity index (χ0v) is 7.84. The summed E-state index contributed by atoms with van der Waals surface area (Å²) in [5, 5.41) is 0. The summed E-state index contributed by atoms with van der Waals surface area (Å²) in [6.45, 7) is 0.689. The lowest BCUT2D eigenvalue weighted by molar-refractivity contribution is -0.0833. The van der Waals surface area contributed by atoms with Gasteiger partial charge in [0.1, 0.15) is 31.0 Å². The highest BCUT2D eigenvalue weighted by Crippen LogP contribution is 2.36. The fraction of sp³-hybridized carbons (Fsp3) is 0.875. The zero-order chi connectivity index (χ0) is 10.1. The lowest BCUT2D eigenvalue weighted by Crippen LogP contribution is -2.37. The number of primary amides is 1. The standard InChI is InChI=1S/C8H13NO5/c1-11-4(2-13-8(9)10)6-7-5(14-7)3-12-6/h4-7H,2-3H2,1H3,(H2,9,10)/t4-,5?,6?,7?/m1/s1. The normalized spacial score (nSPS) is 36.2. The third-order valence-corrected chi connectivity index (χ3v) is 2.46. The Labute approximate surface area is 81.2 Å². The molecule has 1 amide bonds. The molecular formula is C8H13NO5. The largest absolute Gasteiger partial charge is 0.447 e. The lowest BCUT2D eigenvalue weighted by atomic mass is 10.1. The van der Waals surface area contributed by atoms with Crippen LogP contribution in [0.5, 0.6) is 0 Å². The summed E-state index contributed by atoms with van der Waals surface area (Å²) in [7, 11) is 1.54. The van der Waals surface area contributed by atoms with Crippen molar-refractivity contribution in [2.24, 2.45) is 5.73 Å². The zero-order valence-electron chi connectivity index (χ0n) is 7.84. The quantitative estimate of drug-likeness (QED) is 0.608. The maximum absolute atomic E-state index is 10.4. The van der Waals surface area contributed by atoms with Crippen molar-refractivity contribution in [3.8, 4) is 0 Å². The minimum absolute atomic E-state index is 0.0939. The van der Waals surface area contributed by atoms with Crippen molar-refractivity contribution >= 4 is 6.09 Å². The number of amides is 1. The van der Waals surface area contributed by atoms with Crippen LogP contribution in [0, 0.1) is 0 Å². The SMILES string of the molecule is CO[C@H](COC(N)=O)C1OCC2OC21. The summed E-state index contributed by atoms with van der Waals surface area (Å²) in [6, 6.07) is 0. The maximum Gasteiger partial charge on any atom is 0.404 e. The van der Waals surface area contributed by atoms with E-state index in [9.17, 15) is 4.79 Å². The molecule has 2 aliphatic rings. The first kappa shape index (κ1) is 9.70. The molecular weight excluding hydrogens is 190 g/mol. The average Bonchev–Trinajstić information content (AvgIpc) is 2.82. The van der Waals surface area contributed by atoms with Crippen LogP contribution in [0.2, 0.25) is 0 Å². The van der Waals surface area contributed by atoms with Crippen molar-refractivity contribution in [1.82, 2.24) is 0 Å². The molecule has 0 aromatic rings. The van der Waals surface area contributed by atoms with Gasteiger partial charge in [0.15, 0.2) is 0 Å². The van der Waals surface area contributed by atoms with Gasteiger partial charge in [-0.2, -0.15) is 0 Å². The molecule has 0 aromatic carbocycles. The first-order chi connectivity index (χ1) is 6.72. The van der Waals surface area contributed by atoms with E-state index < -0.39 is 6.09 Å². The second-order valence-electron chi connectivity index (χ2n) is 3.34. The van der Waals surface area contributed by atoms with Crippen LogP contribution in [0.4, 0.5) is 4.79 Å². The van der Waals surface area contributed by atoms with E-state index in [0.717, 1.165) is 0 Å². The van der Waals surface area contributed by atoms with Crippen LogP contribution in [0.25, 0.3) is 0 Å². The molecule has 2 N–H and O–H groups in total.